The van der Waals surface area contributed by atoms with E-state index in [1.807, 2.05) is 6.92 Å². The molecule has 0 aliphatic rings. The van der Waals surface area contributed by atoms with E-state index in [9.17, 15) is 18.6 Å². The van der Waals surface area contributed by atoms with Gasteiger partial charge in [-0.15, -0.1) is 0 Å². The zero-order valence-corrected chi connectivity index (χ0v) is 11.3. The molecule has 0 saturated heterocycles. The van der Waals surface area contributed by atoms with Crippen LogP contribution in [0.2, 0.25) is 0 Å². The highest BCUT2D eigenvalue weighted by Gasteiger charge is 2.22. The minimum absolute atomic E-state index is 0.0603. The van der Waals surface area contributed by atoms with E-state index in [2.05, 4.69) is 0 Å². The second-order valence-electron chi connectivity index (χ2n) is 4.23. The molecule has 0 saturated carbocycles. The maximum Gasteiger partial charge on any atom is 0.281 e. The van der Waals surface area contributed by atoms with Crippen LogP contribution < -0.4 is 0 Å². The summed E-state index contributed by atoms with van der Waals surface area (Å²) >= 11 is 0. The highest BCUT2D eigenvalue weighted by molar-refractivity contribution is 6.01. The molecule has 1 aromatic carbocycles. The average Bonchev–Trinajstić information content (AvgIpc) is 2.37. The summed E-state index contributed by atoms with van der Waals surface area (Å²) in [5.74, 6) is -1.72. The predicted octanol–water partition coefficient (Wildman–Crippen LogP) is 2.47. The molecule has 0 unspecified atom stereocenters. The molecule has 0 atom stereocenters. The van der Waals surface area contributed by atoms with Crippen molar-refractivity contribution in [1.29, 1.82) is 0 Å². The van der Waals surface area contributed by atoms with Gasteiger partial charge in [-0.25, -0.2) is 0 Å². The molecule has 19 heavy (non-hydrogen) atoms. The van der Waals surface area contributed by atoms with Crippen LogP contribution in [0.25, 0.3) is 0 Å². The molecular formula is C13H16F2N2O2. The standard InChI is InChI=1S/C13H16F2N2O2/c1-5-9-6-10(12(18)16(3)14)8(2)11(7-9)13(19)17(4)15/h6-7H,5H2,1-4H3. The normalized spacial score (nSPS) is 10.2. The number of nitrogens with zero attached hydrogens (tertiary/aromatic N) is 2. The smallest absolute Gasteiger partial charge is 0.266 e. The molecule has 0 spiro atoms. The van der Waals surface area contributed by atoms with Crippen molar-refractivity contribution in [3.63, 3.8) is 0 Å². The van der Waals surface area contributed by atoms with Crippen molar-refractivity contribution in [2.45, 2.75) is 20.3 Å². The number of hydrogen-bond acceptors (Lipinski definition) is 2. The van der Waals surface area contributed by atoms with E-state index in [4.69, 9.17) is 0 Å². The molecule has 0 N–H and O–H groups in total. The molecule has 0 fully saturated rings. The quantitative estimate of drug-likeness (QED) is 0.792. The Balaban J connectivity index is 3.45. The van der Waals surface area contributed by atoms with Gasteiger partial charge in [0.25, 0.3) is 11.8 Å². The number of carbonyl (C=O) groups excluding carboxylic acids is 2. The summed E-state index contributed by atoms with van der Waals surface area (Å²) in [7, 11) is 1.95. The van der Waals surface area contributed by atoms with Crippen LogP contribution in [0.15, 0.2) is 12.1 Å². The summed E-state index contributed by atoms with van der Waals surface area (Å²) in [5.41, 5.74) is 1.06. The molecule has 6 heteroatoms. The fraction of sp³-hybridized carbons (Fsp3) is 0.385. The van der Waals surface area contributed by atoms with Gasteiger partial charge in [-0.3, -0.25) is 9.59 Å². The summed E-state index contributed by atoms with van der Waals surface area (Å²) in [6.07, 6.45) is 0.548. The van der Waals surface area contributed by atoms with Crippen molar-refractivity contribution in [2.24, 2.45) is 0 Å². The molecule has 0 radical (unpaired) electrons. The lowest BCUT2D eigenvalue weighted by Crippen LogP contribution is -2.23. The van der Waals surface area contributed by atoms with Crippen molar-refractivity contribution < 1.29 is 18.6 Å². The lowest BCUT2D eigenvalue weighted by Gasteiger charge is -2.15. The highest BCUT2D eigenvalue weighted by Crippen LogP contribution is 2.21. The molecule has 0 aromatic heterocycles. The Hall–Kier alpha value is -1.98. The maximum atomic E-state index is 13.0. The second kappa shape index (κ2) is 5.77. The Labute approximate surface area is 110 Å². The van der Waals surface area contributed by atoms with E-state index in [0.717, 1.165) is 14.1 Å². The van der Waals surface area contributed by atoms with E-state index in [-0.39, 0.29) is 26.9 Å². The van der Waals surface area contributed by atoms with Crippen LogP contribution in [0.4, 0.5) is 8.96 Å². The first-order chi connectivity index (χ1) is 8.79. The molecular weight excluding hydrogens is 254 g/mol. The molecule has 1 aromatic rings. The van der Waals surface area contributed by atoms with Crippen molar-refractivity contribution >= 4 is 11.8 Å². The number of amides is 2. The maximum absolute atomic E-state index is 13.0. The van der Waals surface area contributed by atoms with Gasteiger partial charge < -0.3 is 0 Å². The number of aryl methyl sites for hydroxylation is 1. The second-order valence-corrected chi connectivity index (χ2v) is 4.23. The van der Waals surface area contributed by atoms with Crippen LogP contribution in [0.5, 0.6) is 0 Å². The first-order valence-electron chi connectivity index (χ1n) is 5.80. The first kappa shape index (κ1) is 15.1. The summed E-state index contributed by atoms with van der Waals surface area (Å²) in [6.45, 7) is 3.32. The van der Waals surface area contributed by atoms with Crippen LogP contribution in [0, 0.1) is 6.92 Å². The van der Waals surface area contributed by atoms with Crippen LogP contribution in [-0.2, 0) is 6.42 Å². The number of rotatable bonds is 3. The van der Waals surface area contributed by atoms with Crippen LogP contribution in [-0.4, -0.2) is 36.2 Å². The van der Waals surface area contributed by atoms with Crippen molar-refractivity contribution in [3.05, 3.63) is 34.4 Å². The van der Waals surface area contributed by atoms with Crippen LogP contribution in [0.3, 0.4) is 0 Å². The summed E-state index contributed by atoms with van der Waals surface area (Å²) < 4.78 is 26.0. The molecule has 4 nitrogen and oxygen atoms in total. The van der Waals surface area contributed by atoms with Gasteiger partial charge in [-0.1, -0.05) is 15.9 Å². The largest absolute Gasteiger partial charge is 0.281 e. The van der Waals surface area contributed by atoms with Crippen molar-refractivity contribution in [1.82, 2.24) is 10.2 Å². The fourth-order valence-corrected chi connectivity index (χ4v) is 1.75. The fourth-order valence-electron chi connectivity index (χ4n) is 1.75. The van der Waals surface area contributed by atoms with Crippen LogP contribution >= 0.6 is 0 Å². The minimum Gasteiger partial charge on any atom is -0.266 e. The van der Waals surface area contributed by atoms with Gasteiger partial charge in [0.1, 0.15) is 0 Å². The van der Waals surface area contributed by atoms with E-state index in [1.54, 1.807) is 0 Å². The Morgan fingerprint density at radius 3 is 1.68 bits per heavy atom. The summed E-state index contributed by atoms with van der Waals surface area (Å²) in [6, 6.07) is 3.03. The molecule has 1 rings (SSSR count). The summed E-state index contributed by atoms with van der Waals surface area (Å²) in [5, 5.41) is -0.121. The van der Waals surface area contributed by atoms with Crippen molar-refractivity contribution in [3.8, 4) is 0 Å². The third-order valence-corrected chi connectivity index (χ3v) is 2.90. The zero-order chi connectivity index (χ0) is 14.7. The van der Waals surface area contributed by atoms with E-state index in [0.29, 0.717) is 12.0 Å². The number of benzene rings is 1. The van der Waals surface area contributed by atoms with Gasteiger partial charge in [0.2, 0.25) is 0 Å². The van der Waals surface area contributed by atoms with Crippen LogP contribution in [0.1, 0.15) is 38.8 Å². The zero-order valence-electron chi connectivity index (χ0n) is 11.3. The Morgan fingerprint density at radius 1 is 1.05 bits per heavy atom. The van der Waals surface area contributed by atoms with Gasteiger partial charge in [-0.05, 0) is 36.6 Å². The average molecular weight is 270 g/mol. The Morgan fingerprint density at radius 2 is 1.42 bits per heavy atom. The van der Waals surface area contributed by atoms with E-state index >= 15 is 0 Å². The van der Waals surface area contributed by atoms with Crippen molar-refractivity contribution in [2.75, 3.05) is 14.1 Å². The number of hydrogen-bond donors (Lipinski definition) is 0. The highest BCUT2D eigenvalue weighted by atomic mass is 19.2. The molecule has 0 aliphatic heterocycles. The van der Waals surface area contributed by atoms with Gasteiger partial charge in [0, 0.05) is 25.2 Å². The number of carbonyl (C=O) groups is 2. The van der Waals surface area contributed by atoms with Gasteiger partial charge in [-0.2, -0.15) is 10.2 Å². The van der Waals surface area contributed by atoms with Gasteiger partial charge in [0.05, 0.1) is 0 Å². The lowest BCUT2D eigenvalue weighted by atomic mass is 9.96. The first-order valence-corrected chi connectivity index (χ1v) is 5.80. The molecule has 104 valence electrons. The molecule has 2 amide bonds. The SMILES string of the molecule is CCc1cc(C(=O)N(C)F)c(C)c(C(=O)N(C)F)c1. The minimum atomic E-state index is -0.858. The lowest BCUT2D eigenvalue weighted by molar-refractivity contribution is 0.0334. The summed E-state index contributed by atoms with van der Waals surface area (Å²) in [4.78, 5) is 23.4. The third kappa shape index (κ3) is 3.07. The predicted molar refractivity (Wildman–Crippen MR) is 67.0 cm³/mol. The van der Waals surface area contributed by atoms with E-state index < -0.39 is 11.8 Å². The van der Waals surface area contributed by atoms with Gasteiger partial charge in [0.15, 0.2) is 0 Å². The van der Waals surface area contributed by atoms with E-state index in [1.165, 1.54) is 19.1 Å². The molecule has 0 bridgehead atoms. The Bertz CT molecular complexity index is 472. The number of halogens is 2. The third-order valence-electron chi connectivity index (χ3n) is 2.90. The molecule has 0 heterocycles. The topological polar surface area (TPSA) is 40.6 Å². The Kier molecular flexibility index (Phi) is 4.58. The van der Waals surface area contributed by atoms with Gasteiger partial charge >= 0.3 is 0 Å². The monoisotopic (exact) mass is 270 g/mol. The molecule has 0 aliphatic carbocycles.